The van der Waals surface area contributed by atoms with Crippen LogP contribution in [0.3, 0.4) is 0 Å². The van der Waals surface area contributed by atoms with E-state index in [0.29, 0.717) is 23.4 Å². The Labute approximate surface area is 190 Å². The molecule has 2 aliphatic carbocycles. The molecular formula is C26H44ClN3. The summed E-state index contributed by atoms with van der Waals surface area (Å²) >= 11 is 6.33. The van der Waals surface area contributed by atoms with Gasteiger partial charge in [-0.25, -0.2) is 0 Å². The van der Waals surface area contributed by atoms with Gasteiger partial charge in [-0.3, -0.25) is 0 Å². The summed E-state index contributed by atoms with van der Waals surface area (Å²) < 4.78 is 0. The molecule has 0 aromatic carbocycles. The highest BCUT2D eigenvalue weighted by molar-refractivity contribution is 6.20. The first-order valence-electron chi connectivity index (χ1n) is 12.8. The standard InChI is InChI=1S/C26H44ClN3/c1-19(2)26(29-17-20-5-10-25-23(16-20)4-3-13-28-25)18-30-14-11-22(12-15-30)21-6-8-24(27)9-7-21/h3-4,13,19-22,24-26,28-29H,5-12,14-18H2,1-2H3/t20?,21?,24?,25?,26-/m0/s1. The minimum absolute atomic E-state index is 0.455. The molecule has 2 N–H and O–H groups in total. The van der Waals surface area contributed by atoms with Gasteiger partial charge in [-0.1, -0.05) is 19.9 Å². The van der Waals surface area contributed by atoms with Gasteiger partial charge in [-0.05, 0) is 119 Å². The number of nitrogens with zero attached hydrogens (tertiary/aromatic N) is 1. The number of hydrogen-bond acceptors (Lipinski definition) is 3. The fourth-order valence-corrected chi connectivity index (χ4v) is 6.57. The van der Waals surface area contributed by atoms with Crippen LogP contribution in [-0.2, 0) is 0 Å². The minimum Gasteiger partial charge on any atom is -0.384 e. The summed E-state index contributed by atoms with van der Waals surface area (Å²) in [5.74, 6) is 3.40. The van der Waals surface area contributed by atoms with Crippen LogP contribution in [0.5, 0.6) is 0 Å². The second-order valence-electron chi connectivity index (χ2n) is 10.9. The summed E-state index contributed by atoms with van der Waals surface area (Å²) in [6, 6.07) is 1.22. The lowest BCUT2D eigenvalue weighted by Crippen LogP contribution is -2.49. The Morgan fingerprint density at radius 1 is 1.03 bits per heavy atom. The summed E-state index contributed by atoms with van der Waals surface area (Å²) in [7, 11) is 0. The van der Waals surface area contributed by atoms with Crippen molar-refractivity contribution in [2.45, 2.75) is 89.1 Å². The van der Waals surface area contributed by atoms with Gasteiger partial charge < -0.3 is 15.5 Å². The molecule has 0 bridgehead atoms. The number of dihydropyridines is 1. The minimum atomic E-state index is 0.455. The largest absolute Gasteiger partial charge is 0.384 e. The predicted molar refractivity (Wildman–Crippen MR) is 129 cm³/mol. The first kappa shape index (κ1) is 22.7. The average molecular weight is 434 g/mol. The van der Waals surface area contributed by atoms with Gasteiger partial charge in [-0.2, -0.15) is 0 Å². The van der Waals surface area contributed by atoms with E-state index < -0.39 is 0 Å². The normalized spacial score (nSPS) is 34.3. The van der Waals surface area contributed by atoms with Crippen LogP contribution < -0.4 is 10.6 Å². The van der Waals surface area contributed by atoms with Crippen molar-refractivity contribution >= 4 is 11.6 Å². The van der Waals surface area contributed by atoms with Crippen molar-refractivity contribution in [1.82, 2.24) is 15.5 Å². The molecule has 0 aromatic heterocycles. The number of fused-ring (bicyclic) bond motifs is 1. The Morgan fingerprint density at radius 3 is 2.50 bits per heavy atom. The molecule has 0 spiro atoms. The SMILES string of the molecule is CC(C)[C@H](CN1CCC(C2CCC(Cl)CC2)CC1)NCC1CCC2NC=CC=C2C1. The van der Waals surface area contributed by atoms with E-state index >= 15 is 0 Å². The molecule has 1 saturated heterocycles. The number of piperidine rings is 1. The van der Waals surface area contributed by atoms with E-state index in [2.05, 4.69) is 47.7 Å². The lowest BCUT2D eigenvalue weighted by Gasteiger charge is -2.40. The topological polar surface area (TPSA) is 27.3 Å². The van der Waals surface area contributed by atoms with Crippen molar-refractivity contribution in [2.24, 2.45) is 23.7 Å². The average Bonchev–Trinajstić information content (AvgIpc) is 2.77. The molecule has 170 valence electrons. The zero-order chi connectivity index (χ0) is 20.9. The van der Waals surface area contributed by atoms with Crippen LogP contribution in [0.25, 0.3) is 0 Å². The highest BCUT2D eigenvalue weighted by atomic mass is 35.5. The van der Waals surface area contributed by atoms with E-state index in [0.717, 1.165) is 17.8 Å². The maximum Gasteiger partial charge on any atom is 0.0471 e. The van der Waals surface area contributed by atoms with Gasteiger partial charge in [0.05, 0.1) is 0 Å². The number of hydrogen-bond donors (Lipinski definition) is 2. The zero-order valence-electron chi connectivity index (χ0n) is 19.3. The Bertz CT molecular complexity index is 585. The molecule has 4 rings (SSSR count). The van der Waals surface area contributed by atoms with Crippen molar-refractivity contribution in [3.05, 3.63) is 23.9 Å². The van der Waals surface area contributed by atoms with E-state index in [1.165, 1.54) is 84.0 Å². The highest BCUT2D eigenvalue weighted by Crippen LogP contribution is 2.37. The molecule has 3 fully saturated rings. The van der Waals surface area contributed by atoms with Gasteiger partial charge in [0.1, 0.15) is 0 Å². The molecule has 4 aliphatic rings. The Hall–Kier alpha value is -0.510. The number of likely N-dealkylation sites (tertiary alicyclic amines) is 1. The third-order valence-corrected chi connectivity index (χ3v) is 8.90. The van der Waals surface area contributed by atoms with Gasteiger partial charge in [0, 0.05) is 24.0 Å². The first-order chi connectivity index (χ1) is 14.6. The summed E-state index contributed by atoms with van der Waals surface area (Å²) in [6.07, 6.45) is 18.6. The van der Waals surface area contributed by atoms with E-state index in [1.54, 1.807) is 5.57 Å². The van der Waals surface area contributed by atoms with E-state index in [1.807, 2.05) is 0 Å². The second kappa shape index (κ2) is 10.9. The molecular weight excluding hydrogens is 390 g/mol. The third-order valence-electron chi connectivity index (χ3n) is 8.47. The Kier molecular flexibility index (Phi) is 8.22. The van der Waals surface area contributed by atoms with Crippen molar-refractivity contribution in [3.8, 4) is 0 Å². The van der Waals surface area contributed by atoms with Crippen molar-refractivity contribution in [3.63, 3.8) is 0 Å². The van der Waals surface area contributed by atoms with Crippen molar-refractivity contribution in [2.75, 3.05) is 26.2 Å². The quantitative estimate of drug-likeness (QED) is 0.532. The van der Waals surface area contributed by atoms with E-state index in [4.69, 9.17) is 11.6 Å². The third kappa shape index (κ3) is 6.04. The van der Waals surface area contributed by atoms with E-state index in [9.17, 15) is 0 Å². The Balaban J connectivity index is 1.20. The van der Waals surface area contributed by atoms with Gasteiger partial charge in [0.25, 0.3) is 0 Å². The molecule has 0 aromatic rings. The summed E-state index contributed by atoms with van der Waals surface area (Å²) in [4.78, 5) is 2.75. The number of alkyl halides is 1. The Morgan fingerprint density at radius 2 is 1.77 bits per heavy atom. The number of nitrogens with one attached hydrogen (secondary N) is 2. The maximum atomic E-state index is 6.33. The maximum absolute atomic E-state index is 6.33. The number of allylic oxidation sites excluding steroid dienone is 2. The van der Waals surface area contributed by atoms with Crippen LogP contribution in [0.4, 0.5) is 0 Å². The molecule has 3 nitrogen and oxygen atoms in total. The zero-order valence-corrected chi connectivity index (χ0v) is 20.0. The monoisotopic (exact) mass is 433 g/mol. The van der Waals surface area contributed by atoms with Crippen LogP contribution in [0.1, 0.15) is 71.6 Å². The van der Waals surface area contributed by atoms with Crippen molar-refractivity contribution < 1.29 is 0 Å². The number of rotatable bonds is 7. The van der Waals surface area contributed by atoms with Gasteiger partial charge in [-0.15, -0.1) is 11.6 Å². The second-order valence-corrected chi connectivity index (χ2v) is 11.5. The van der Waals surface area contributed by atoms with Crippen LogP contribution >= 0.6 is 11.6 Å². The van der Waals surface area contributed by atoms with Crippen LogP contribution in [-0.4, -0.2) is 48.5 Å². The molecule has 2 saturated carbocycles. The highest BCUT2D eigenvalue weighted by Gasteiger charge is 2.31. The first-order valence-corrected chi connectivity index (χ1v) is 13.2. The van der Waals surface area contributed by atoms with Crippen LogP contribution in [0.15, 0.2) is 23.9 Å². The lowest BCUT2D eigenvalue weighted by atomic mass is 9.75. The molecule has 2 unspecified atom stereocenters. The molecule has 30 heavy (non-hydrogen) atoms. The fraction of sp³-hybridized carbons (Fsp3) is 0.846. The van der Waals surface area contributed by atoms with Gasteiger partial charge in [0.15, 0.2) is 0 Å². The van der Waals surface area contributed by atoms with Gasteiger partial charge in [0.2, 0.25) is 0 Å². The summed E-state index contributed by atoms with van der Waals surface area (Å²) in [6.45, 7) is 9.78. The summed E-state index contributed by atoms with van der Waals surface area (Å²) in [5, 5.41) is 7.97. The molecule has 0 radical (unpaired) electrons. The van der Waals surface area contributed by atoms with Crippen LogP contribution in [0.2, 0.25) is 0 Å². The molecule has 0 amide bonds. The molecule has 2 aliphatic heterocycles. The van der Waals surface area contributed by atoms with Crippen molar-refractivity contribution in [1.29, 1.82) is 0 Å². The lowest BCUT2D eigenvalue weighted by molar-refractivity contribution is 0.112. The molecule has 2 heterocycles. The van der Waals surface area contributed by atoms with Gasteiger partial charge >= 0.3 is 0 Å². The predicted octanol–water partition coefficient (Wildman–Crippen LogP) is 5.32. The smallest absolute Gasteiger partial charge is 0.0471 e. The molecule has 4 heteroatoms. The summed E-state index contributed by atoms with van der Waals surface area (Å²) in [5.41, 5.74) is 1.61. The molecule has 3 atom stereocenters. The van der Waals surface area contributed by atoms with Crippen LogP contribution in [0, 0.1) is 23.7 Å². The number of halogens is 1. The fourth-order valence-electron chi connectivity index (χ4n) is 6.32. The van der Waals surface area contributed by atoms with E-state index in [-0.39, 0.29) is 0 Å².